The summed E-state index contributed by atoms with van der Waals surface area (Å²) in [5, 5.41) is 7.56. The third-order valence-corrected chi connectivity index (χ3v) is 5.65. The Morgan fingerprint density at radius 3 is 2.59 bits per heavy atom. The number of piperidine rings is 1. The summed E-state index contributed by atoms with van der Waals surface area (Å²) in [7, 11) is 0. The number of amides is 1. The molecular formula is C20H26ClFN4O. The first kappa shape index (κ1) is 19.8. The smallest absolute Gasteiger partial charge is 0.256 e. The number of halogens is 2. The maximum atomic E-state index is 13.1. The van der Waals surface area contributed by atoms with E-state index in [0.29, 0.717) is 23.5 Å². The normalized spacial score (nSPS) is 17.1. The molecule has 0 radical (unpaired) electrons. The fourth-order valence-electron chi connectivity index (χ4n) is 3.44. The van der Waals surface area contributed by atoms with Gasteiger partial charge < -0.3 is 5.32 Å². The second-order valence-corrected chi connectivity index (χ2v) is 7.77. The molecule has 146 valence electrons. The van der Waals surface area contributed by atoms with Crippen molar-refractivity contribution >= 4 is 17.5 Å². The van der Waals surface area contributed by atoms with E-state index in [1.807, 2.05) is 0 Å². The van der Waals surface area contributed by atoms with Crippen LogP contribution >= 0.6 is 11.6 Å². The summed E-state index contributed by atoms with van der Waals surface area (Å²) < 4.78 is 14.6. The minimum Gasteiger partial charge on any atom is -0.350 e. The number of carbonyl (C=O) groups excluding carboxylic acids is 1. The molecule has 1 atom stereocenters. The van der Waals surface area contributed by atoms with Crippen molar-refractivity contribution in [3.63, 3.8) is 0 Å². The predicted octanol–water partition coefficient (Wildman–Crippen LogP) is 3.82. The third-order valence-electron chi connectivity index (χ3n) is 5.30. The van der Waals surface area contributed by atoms with Crippen LogP contribution in [0.5, 0.6) is 0 Å². The van der Waals surface area contributed by atoms with Gasteiger partial charge in [-0.25, -0.2) is 9.07 Å². The van der Waals surface area contributed by atoms with Crippen LogP contribution in [0.3, 0.4) is 0 Å². The zero-order valence-corrected chi connectivity index (χ0v) is 16.8. The molecular weight excluding hydrogens is 367 g/mol. The van der Waals surface area contributed by atoms with Crippen molar-refractivity contribution in [2.24, 2.45) is 5.92 Å². The van der Waals surface area contributed by atoms with Crippen molar-refractivity contribution in [2.75, 3.05) is 19.6 Å². The minimum atomic E-state index is -0.335. The van der Waals surface area contributed by atoms with Gasteiger partial charge in [-0.3, -0.25) is 9.69 Å². The Bertz CT molecular complexity index is 797. The average Bonchev–Trinajstić information content (AvgIpc) is 2.95. The van der Waals surface area contributed by atoms with Gasteiger partial charge in [-0.2, -0.15) is 5.10 Å². The van der Waals surface area contributed by atoms with Crippen molar-refractivity contribution in [1.82, 2.24) is 20.0 Å². The zero-order valence-electron chi connectivity index (χ0n) is 16.0. The maximum absolute atomic E-state index is 13.1. The Morgan fingerprint density at radius 2 is 1.96 bits per heavy atom. The number of aryl methyl sites for hydroxylation is 1. The standard InChI is InChI=1S/C20H26ClFN4O/c1-13-8-10-25(11-9-13)14(2)12-23-20(27)18-15(3)24-26(19(18)21)17-6-4-16(22)5-7-17/h4-7,13-14H,8-12H2,1-3H3,(H,23,27). The number of rotatable bonds is 5. The molecule has 0 aliphatic carbocycles. The Hall–Kier alpha value is -1.92. The van der Waals surface area contributed by atoms with E-state index in [2.05, 4.69) is 29.2 Å². The number of carbonyl (C=O) groups is 1. The Kier molecular flexibility index (Phi) is 6.17. The highest BCUT2D eigenvalue weighted by Crippen LogP contribution is 2.24. The SMILES string of the molecule is Cc1nn(-c2ccc(F)cc2)c(Cl)c1C(=O)NCC(C)N1CCC(C)CC1. The van der Waals surface area contributed by atoms with Gasteiger partial charge in [0.05, 0.1) is 16.9 Å². The highest BCUT2D eigenvalue weighted by atomic mass is 35.5. The quantitative estimate of drug-likeness (QED) is 0.841. The van der Waals surface area contributed by atoms with E-state index in [0.717, 1.165) is 19.0 Å². The Morgan fingerprint density at radius 1 is 1.33 bits per heavy atom. The summed E-state index contributed by atoms with van der Waals surface area (Å²) in [4.78, 5) is 15.1. The molecule has 2 aromatic rings. The van der Waals surface area contributed by atoms with Gasteiger partial charge in [-0.1, -0.05) is 18.5 Å². The van der Waals surface area contributed by atoms with Gasteiger partial charge >= 0.3 is 0 Å². The van der Waals surface area contributed by atoms with E-state index < -0.39 is 0 Å². The second kappa shape index (κ2) is 8.40. The molecule has 5 nitrogen and oxygen atoms in total. The van der Waals surface area contributed by atoms with Gasteiger partial charge in [-0.15, -0.1) is 0 Å². The van der Waals surface area contributed by atoms with E-state index in [9.17, 15) is 9.18 Å². The average molecular weight is 393 g/mol. The largest absolute Gasteiger partial charge is 0.350 e. The second-order valence-electron chi connectivity index (χ2n) is 7.42. The molecule has 3 rings (SSSR count). The number of benzene rings is 1. The van der Waals surface area contributed by atoms with Crippen LogP contribution < -0.4 is 5.32 Å². The third kappa shape index (κ3) is 4.50. The zero-order chi connectivity index (χ0) is 19.6. The first-order chi connectivity index (χ1) is 12.9. The summed E-state index contributed by atoms with van der Waals surface area (Å²) in [6, 6.07) is 6.10. The molecule has 1 amide bonds. The number of likely N-dealkylation sites (tertiary alicyclic amines) is 1. The molecule has 7 heteroatoms. The summed E-state index contributed by atoms with van der Waals surface area (Å²) in [5.41, 5.74) is 1.51. The molecule has 1 aliphatic heterocycles. The Balaban J connectivity index is 1.67. The van der Waals surface area contributed by atoms with E-state index in [1.54, 1.807) is 19.1 Å². The van der Waals surface area contributed by atoms with Gasteiger partial charge in [0.2, 0.25) is 0 Å². The molecule has 1 saturated heterocycles. The molecule has 0 saturated carbocycles. The molecule has 0 bridgehead atoms. The van der Waals surface area contributed by atoms with E-state index in [4.69, 9.17) is 11.6 Å². The molecule has 1 aromatic carbocycles. The van der Waals surface area contributed by atoms with Gasteiger partial charge in [0, 0.05) is 12.6 Å². The fourth-order valence-corrected chi connectivity index (χ4v) is 3.80. The number of aromatic nitrogens is 2. The molecule has 1 unspecified atom stereocenters. The molecule has 1 fully saturated rings. The predicted molar refractivity (Wildman–Crippen MR) is 105 cm³/mol. The van der Waals surface area contributed by atoms with E-state index >= 15 is 0 Å². The van der Waals surface area contributed by atoms with Crippen LogP contribution in [-0.4, -0.2) is 46.3 Å². The number of nitrogens with one attached hydrogen (secondary N) is 1. The van der Waals surface area contributed by atoms with Gasteiger partial charge in [0.1, 0.15) is 11.0 Å². The van der Waals surface area contributed by atoms with Crippen LogP contribution in [0.1, 0.15) is 42.7 Å². The highest BCUT2D eigenvalue weighted by molar-refractivity contribution is 6.33. The minimum absolute atomic E-state index is 0.232. The molecule has 0 spiro atoms. The van der Waals surface area contributed by atoms with E-state index in [-0.39, 0.29) is 22.9 Å². The van der Waals surface area contributed by atoms with Crippen LogP contribution in [0.4, 0.5) is 4.39 Å². The summed E-state index contributed by atoms with van der Waals surface area (Å²) >= 11 is 6.41. The lowest BCUT2D eigenvalue weighted by molar-refractivity contribution is 0.0921. The first-order valence-electron chi connectivity index (χ1n) is 9.40. The van der Waals surface area contributed by atoms with Crippen molar-refractivity contribution in [1.29, 1.82) is 0 Å². The molecule has 1 aromatic heterocycles. The topological polar surface area (TPSA) is 50.2 Å². The van der Waals surface area contributed by atoms with Gasteiger partial charge in [0.15, 0.2) is 0 Å². The van der Waals surface area contributed by atoms with Crippen LogP contribution in [0.15, 0.2) is 24.3 Å². The molecule has 1 aliphatic rings. The van der Waals surface area contributed by atoms with Gasteiger partial charge in [-0.05, 0) is 70.0 Å². The lowest BCUT2D eigenvalue weighted by atomic mass is 9.98. The van der Waals surface area contributed by atoms with E-state index in [1.165, 1.54) is 29.7 Å². The fraction of sp³-hybridized carbons (Fsp3) is 0.500. The van der Waals surface area contributed by atoms with Crippen LogP contribution in [0, 0.1) is 18.7 Å². The number of hydrogen-bond donors (Lipinski definition) is 1. The molecule has 2 heterocycles. The summed E-state index contributed by atoms with van der Waals surface area (Å²) in [6.07, 6.45) is 2.40. The van der Waals surface area contributed by atoms with Crippen molar-refractivity contribution < 1.29 is 9.18 Å². The van der Waals surface area contributed by atoms with Crippen LogP contribution in [0.2, 0.25) is 5.15 Å². The summed E-state index contributed by atoms with van der Waals surface area (Å²) in [6.45, 7) is 8.86. The lowest BCUT2D eigenvalue weighted by Crippen LogP contribution is -2.45. The van der Waals surface area contributed by atoms with Crippen molar-refractivity contribution in [2.45, 2.75) is 39.7 Å². The Labute approximate surface area is 164 Å². The number of hydrogen-bond acceptors (Lipinski definition) is 3. The maximum Gasteiger partial charge on any atom is 0.256 e. The first-order valence-corrected chi connectivity index (χ1v) is 9.78. The molecule has 27 heavy (non-hydrogen) atoms. The van der Waals surface area contributed by atoms with Crippen LogP contribution in [0.25, 0.3) is 5.69 Å². The van der Waals surface area contributed by atoms with Crippen molar-refractivity contribution in [3.05, 3.63) is 46.5 Å². The van der Waals surface area contributed by atoms with Crippen molar-refractivity contribution in [3.8, 4) is 5.69 Å². The molecule has 1 N–H and O–H groups in total. The monoisotopic (exact) mass is 392 g/mol. The highest BCUT2D eigenvalue weighted by Gasteiger charge is 2.24. The summed E-state index contributed by atoms with van der Waals surface area (Å²) in [5.74, 6) is 0.211. The number of nitrogens with zero attached hydrogens (tertiary/aromatic N) is 3. The van der Waals surface area contributed by atoms with Gasteiger partial charge in [0.25, 0.3) is 5.91 Å². The van der Waals surface area contributed by atoms with Crippen LogP contribution in [-0.2, 0) is 0 Å². The lowest BCUT2D eigenvalue weighted by Gasteiger charge is -2.35.